The molecule has 0 spiro atoms. The molecule has 0 aliphatic carbocycles. The van der Waals surface area contributed by atoms with Gasteiger partial charge in [-0.2, -0.15) is 0 Å². The van der Waals surface area contributed by atoms with Crippen molar-refractivity contribution in [1.29, 1.82) is 0 Å². The van der Waals surface area contributed by atoms with Crippen LogP contribution in [0.25, 0.3) is 10.2 Å². The lowest BCUT2D eigenvalue weighted by molar-refractivity contribution is -0.133. The number of carbonyl (C=O) groups excluding carboxylic acids is 1. The van der Waals surface area contributed by atoms with Crippen LogP contribution in [0.2, 0.25) is 5.02 Å². The number of aromatic nitrogens is 1. The molecule has 0 bridgehead atoms. The van der Waals surface area contributed by atoms with E-state index in [4.69, 9.17) is 16.6 Å². The smallest absolute Gasteiger partial charge is 0.236 e. The summed E-state index contributed by atoms with van der Waals surface area (Å²) in [6.45, 7) is 2.66. The van der Waals surface area contributed by atoms with Crippen molar-refractivity contribution in [3.8, 4) is 0 Å². The van der Waals surface area contributed by atoms with Crippen LogP contribution < -0.4 is 0 Å². The van der Waals surface area contributed by atoms with Crippen LogP contribution >= 0.6 is 22.9 Å². The lowest BCUT2D eigenvalue weighted by Gasteiger charge is -2.33. The predicted octanol–water partition coefficient (Wildman–Crippen LogP) is 4.79. The number of hydrogen-bond acceptors (Lipinski definition) is 4. The number of hydrogen-bond donors (Lipinski definition) is 0. The van der Waals surface area contributed by atoms with Crippen molar-refractivity contribution in [3.63, 3.8) is 0 Å². The normalized spacial score (nSPS) is 17.4. The molecule has 146 valence electrons. The van der Waals surface area contributed by atoms with Gasteiger partial charge in [0.15, 0.2) is 0 Å². The third-order valence-electron chi connectivity index (χ3n) is 5.24. The molecule has 0 radical (unpaired) electrons. The van der Waals surface area contributed by atoms with E-state index in [1.165, 1.54) is 4.70 Å². The van der Waals surface area contributed by atoms with Crippen molar-refractivity contribution in [1.82, 2.24) is 14.8 Å². The van der Waals surface area contributed by atoms with Crippen LogP contribution in [0.15, 0.2) is 48.5 Å². The van der Waals surface area contributed by atoms with Crippen LogP contribution in [0, 0.1) is 0 Å². The Kier molecular flexibility index (Phi) is 5.95. The Hall–Kier alpha value is -1.95. The molecule has 6 heteroatoms. The number of fused-ring (bicyclic) bond motifs is 1. The lowest BCUT2D eigenvalue weighted by atomic mass is 9.98. The second-order valence-electron chi connectivity index (χ2n) is 7.46. The van der Waals surface area contributed by atoms with Gasteiger partial charge in [-0.1, -0.05) is 41.9 Å². The van der Waals surface area contributed by atoms with E-state index in [0.29, 0.717) is 19.0 Å². The van der Waals surface area contributed by atoms with Gasteiger partial charge in [0, 0.05) is 30.6 Å². The monoisotopic (exact) mass is 413 g/mol. The summed E-state index contributed by atoms with van der Waals surface area (Å²) in [7, 11) is 1.97. The highest BCUT2D eigenvalue weighted by Gasteiger charge is 2.27. The summed E-state index contributed by atoms with van der Waals surface area (Å²) in [5.74, 6) is 0.518. The number of benzene rings is 2. The SMILES string of the molecule is CN(CC(=O)N1CCC[C@H](c2nc3ccccc3s2)C1)Cc1ccccc1Cl. The summed E-state index contributed by atoms with van der Waals surface area (Å²) in [5, 5.41) is 1.90. The van der Waals surface area contributed by atoms with Crippen molar-refractivity contribution < 1.29 is 4.79 Å². The number of para-hydroxylation sites is 1. The van der Waals surface area contributed by atoms with Crippen LogP contribution in [0.5, 0.6) is 0 Å². The Morgan fingerprint density at radius 3 is 2.86 bits per heavy atom. The van der Waals surface area contributed by atoms with Crippen LogP contribution in [0.1, 0.15) is 29.3 Å². The van der Waals surface area contributed by atoms with Gasteiger partial charge >= 0.3 is 0 Å². The van der Waals surface area contributed by atoms with Gasteiger partial charge in [0.1, 0.15) is 0 Å². The number of likely N-dealkylation sites (N-methyl/N-ethyl adjacent to an activating group) is 1. The number of nitrogens with zero attached hydrogens (tertiary/aromatic N) is 3. The van der Waals surface area contributed by atoms with E-state index >= 15 is 0 Å². The fraction of sp³-hybridized carbons (Fsp3) is 0.364. The molecular weight excluding hydrogens is 390 g/mol. The molecule has 4 rings (SSSR count). The topological polar surface area (TPSA) is 36.4 Å². The maximum absolute atomic E-state index is 12.9. The fourth-order valence-corrected chi connectivity index (χ4v) is 5.06. The zero-order valence-corrected chi connectivity index (χ0v) is 17.5. The van der Waals surface area contributed by atoms with Crippen LogP contribution in [-0.2, 0) is 11.3 Å². The van der Waals surface area contributed by atoms with Crippen molar-refractivity contribution in [2.75, 3.05) is 26.7 Å². The Bertz CT molecular complexity index is 940. The van der Waals surface area contributed by atoms with E-state index in [2.05, 4.69) is 18.2 Å². The molecule has 1 atom stereocenters. The minimum atomic E-state index is 0.181. The highest BCUT2D eigenvalue weighted by atomic mass is 35.5. The summed E-state index contributed by atoms with van der Waals surface area (Å²) >= 11 is 8.01. The second kappa shape index (κ2) is 8.60. The number of rotatable bonds is 5. The maximum atomic E-state index is 12.9. The van der Waals surface area contributed by atoms with Gasteiger partial charge in [-0.05, 0) is 43.7 Å². The second-order valence-corrected chi connectivity index (χ2v) is 8.93. The summed E-state index contributed by atoms with van der Waals surface area (Å²) in [6, 6.07) is 16.0. The molecule has 1 amide bonds. The van der Waals surface area contributed by atoms with Crippen molar-refractivity contribution in [3.05, 3.63) is 64.1 Å². The van der Waals surface area contributed by atoms with Gasteiger partial charge in [-0.15, -0.1) is 11.3 Å². The van der Waals surface area contributed by atoms with E-state index in [-0.39, 0.29) is 5.91 Å². The zero-order valence-electron chi connectivity index (χ0n) is 16.0. The van der Waals surface area contributed by atoms with Gasteiger partial charge < -0.3 is 4.90 Å². The molecule has 0 N–H and O–H groups in total. The largest absolute Gasteiger partial charge is 0.341 e. The Balaban J connectivity index is 1.38. The zero-order chi connectivity index (χ0) is 19.5. The van der Waals surface area contributed by atoms with Gasteiger partial charge in [-0.25, -0.2) is 4.98 Å². The molecule has 1 saturated heterocycles. The van der Waals surface area contributed by atoms with Gasteiger partial charge in [-0.3, -0.25) is 9.69 Å². The van der Waals surface area contributed by atoms with Crippen LogP contribution in [-0.4, -0.2) is 47.4 Å². The fourth-order valence-electron chi connectivity index (χ4n) is 3.77. The van der Waals surface area contributed by atoms with Crippen molar-refractivity contribution in [2.45, 2.75) is 25.3 Å². The number of likely N-dealkylation sites (tertiary alicyclic amines) is 1. The highest BCUT2D eigenvalue weighted by Crippen LogP contribution is 2.33. The molecule has 1 aromatic heterocycles. The average Bonchev–Trinajstić information content (AvgIpc) is 3.14. The number of halogens is 1. The van der Waals surface area contributed by atoms with E-state index < -0.39 is 0 Å². The molecule has 2 heterocycles. The maximum Gasteiger partial charge on any atom is 0.236 e. The third-order valence-corrected chi connectivity index (χ3v) is 6.80. The quantitative estimate of drug-likeness (QED) is 0.603. The third kappa shape index (κ3) is 4.37. The molecule has 1 aliphatic rings. The van der Waals surface area contributed by atoms with E-state index in [0.717, 1.165) is 47.0 Å². The lowest BCUT2D eigenvalue weighted by Crippen LogP contribution is -2.43. The number of amides is 1. The van der Waals surface area contributed by atoms with Crippen LogP contribution in [0.4, 0.5) is 0 Å². The first-order valence-corrected chi connectivity index (χ1v) is 10.8. The minimum Gasteiger partial charge on any atom is -0.341 e. The van der Waals surface area contributed by atoms with Crippen molar-refractivity contribution in [2.24, 2.45) is 0 Å². The molecule has 0 saturated carbocycles. The summed E-state index contributed by atoms with van der Waals surface area (Å²) in [5.41, 5.74) is 2.11. The van der Waals surface area contributed by atoms with Crippen molar-refractivity contribution >= 4 is 39.1 Å². The first-order chi connectivity index (χ1) is 13.6. The summed E-state index contributed by atoms with van der Waals surface area (Å²) in [4.78, 5) is 21.7. The van der Waals surface area contributed by atoms with E-state index in [9.17, 15) is 4.79 Å². The Labute approximate surface area is 174 Å². The van der Waals surface area contributed by atoms with Crippen LogP contribution in [0.3, 0.4) is 0 Å². The summed E-state index contributed by atoms with van der Waals surface area (Å²) in [6.07, 6.45) is 2.12. The minimum absolute atomic E-state index is 0.181. The predicted molar refractivity (Wildman–Crippen MR) is 116 cm³/mol. The van der Waals surface area contributed by atoms with E-state index in [1.807, 2.05) is 47.2 Å². The number of piperidine rings is 1. The number of thiazole rings is 1. The number of carbonyl (C=O) groups is 1. The molecule has 28 heavy (non-hydrogen) atoms. The molecule has 1 fully saturated rings. The highest BCUT2D eigenvalue weighted by molar-refractivity contribution is 7.18. The first kappa shape index (κ1) is 19.4. The Morgan fingerprint density at radius 2 is 2.04 bits per heavy atom. The summed E-state index contributed by atoms with van der Waals surface area (Å²) < 4.78 is 1.22. The molecule has 3 aromatic rings. The molecule has 1 aliphatic heterocycles. The van der Waals surface area contributed by atoms with Gasteiger partial charge in [0.2, 0.25) is 5.91 Å². The first-order valence-electron chi connectivity index (χ1n) is 9.65. The standard InChI is InChI=1S/C22H24ClN3OS/c1-25(13-16-7-2-3-9-18(16)23)15-21(27)26-12-6-8-17(14-26)22-24-19-10-4-5-11-20(19)28-22/h2-5,7,9-11,17H,6,8,12-15H2,1H3/t17-/m0/s1. The molecule has 0 unspecified atom stereocenters. The molecule has 4 nitrogen and oxygen atoms in total. The van der Waals surface area contributed by atoms with Gasteiger partial charge in [0.25, 0.3) is 0 Å². The van der Waals surface area contributed by atoms with Gasteiger partial charge in [0.05, 0.1) is 21.8 Å². The van der Waals surface area contributed by atoms with E-state index in [1.54, 1.807) is 11.3 Å². The molecule has 2 aromatic carbocycles. The molecular formula is C22H24ClN3OS. The average molecular weight is 414 g/mol. The Morgan fingerprint density at radius 1 is 1.25 bits per heavy atom.